The highest BCUT2D eigenvalue weighted by Gasteiger charge is 2.46. The summed E-state index contributed by atoms with van der Waals surface area (Å²) in [5.74, 6) is -0.0496. The number of hydrogen-bond donors (Lipinski definition) is 2. The zero-order chi connectivity index (χ0) is 41.6. The number of aromatic nitrogens is 3. The van der Waals surface area contributed by atoms with Gasteiger partial charge in [0.1, 0.15) is 12.4 Å². The number of carbonyl (C=O) groups excluding carboxylic acids is 4. The van der Waals surface area contributed by atoms with Gasteiger partial charge in [-0.2, -0.15) is 0 Å². The van der Waals surface area contributed by atoms with Crippen LogP contribution in [0.15, 0.2) is 67.5 Å². The zero-order valence-corrected chi connectivity index (χ0v) is 34.2. The van der Waals surface area contributed by atoms with Crippen LogP contribution in [0.25, 0.3) is 11.1 Å². The number of benzene rings is 2. The van der Waals surface area contributed by atoms with Crippen LogP contribution in [0.2, 0.25) is 0 Å². The van der Waals surface area contributed by atoms with Crippen molar-refractivity contribution in [2.24, 2.45) is 14.1 Å². The molecule has 3 aliphatic heterocycles. The Labute approximate surface area is 344 Å². The molecule has 15 heteroatoms. The van der Waals surface area contributed by atoms with Crippen molar-refractivity contribution in [3.8, 4) is 16.9 Å². The molecule has 4 aromatic rings. The lowest BCUT2D eigenvalue weighted by Gasteiger charge is -2.42. The first-order valence-electron chi connectivity index (χ1n) is 20.3. The van der Waals surface area contributed by atoms with Crippen molar-refractivity contribution in [1.29, 1.82) is 0 Å². The number of anilines is 3. The van der Waals surface area contributed by atoms with Crippen molar-refractivity contribution >= 4 is 41.0 Å². The lowest BCUT2D eigenvalue weighted by atomic mass is 10.00. The van der Waals surface area contributed by atoms with Gasteiger partial charge in [0, 0.05) is 63.5 Å². The summed E-state index contributed by atoms with van der Waals surface area (Å²) in [6.45, 7) is 8.83. The fourth-order valence-electron chi connectivity index (χ4n) is 7.82. The minimum absolute atomic E-state index is 0.0202. The molecule has 2 aromatic carbocycles. The van der Waals surface area contributed by atoms with Gasteiger partial charge >= 0.3 is 6.09 Å². The average Bonchev–Trinajstić information content (AvgIpc) is 3.75. The summed E-state index contributed by atoms with van der Waals surface area (Å²) in [4.78, 5) is 61.8. The maximum Gasteiger partial charge on any atom is 0.416 e. The summed E-state index contributed by atoms with van der Waals surface area (Å²) in [5.41, 5.74) is 5.28. The Morgan fingerprint density at radius 3 is 2.49 bits per heavy atom. The van der Waals surface area contributed by atoms with Gasteiger partial charge in [-0.25, -0.2) is 14.7 Å². The number of aryl methyl sites for hydroxylation is 4. The molecule has 0 aliphatic carbocycles. The minimum atomic E-state index is -0.853. The van der Waals surface area contributed by atoms with Crippen molar-refractivity contribution in [3.05, 3.63) is 90.2 Å². The molecule has 4 amide bonds. The number of amides is 4. The highest BCUT2D eigenvalue weighted by molar-refractivity contribution is 6.06. The fourth-order valence-corrected chi connectivity index (χ4v) is 7.82. The summed E-state index contributed by atoms with van der Waals surface area (Å²) in [5, 5.41) is 5.65. The summed E-state index contributed by atoms with van der Waals surface area (Å²) in [6.07, 6.45) is 8.48. The predicted molar refractivity (Wildman–Crippen MR) is 222 cm³/mol. The smallest absolute Gasteiger partial charge is 0.416 e. The standard InChI is InChI=1S/C44H53N7O8/c1-6-20-58-44(55)51-35-25-36(28(2)23-33(35)42(54)50-19-9-7-12-34(50)43(51)59-39-14-8-10-21-57-39)56-22-11-13-38(52)46-37-27-49(5)40(47-37)41(53)45-32-17-15-30(16-18-32)31-24-29(3)48(4)26-31/h6,15-18,23-27,34,39,43H,1,7-14,19-22H2,2-5H3,(H,45,53)(H,46,52)/t34-,39?,43-/m0/s1. The second-order valence-electron chi connectivity index (χ2n) is 15.3. The van der Waals surface area contributed by atoms with Crippen LogP contribution < -0.4 is 20.3 Å². The third-order valence-electron chi connectivity index (χ3n) is 11.0. The molecule has 2 fully saturated rings. The minimum Gasteiger partial charge on any atom is -0.493 e. The van der Waals surface area contributed by atoms with Gasteiger partial charge in [0.2, 0.25) is 11.7 Å². The van der Waals surface area contributed by atoms with E-state index in [0.717, 1.165) is 42.5 Å². The van der Waals surface area contributed by atoms with Gasteiger partial charge in [-0.1, -0.05) is 24.8 Å². The molecule has 5 heterocycles. The highest BCUT2D eigenvalue weighted by Crippen LogP contribution is 2.40. The molecule has 312 valence electrons. The van der Waals surface area contributed by atoms with Gasteiger partial charge in [-0.05, 0) is 99.7 Å². The largest absolute Gasteiger partial charge is 0.493 e. The van der Waals surface area contributed by atoms with E-state index in [1.54, 1.807) is 29.9 Å². The second-order valence-corrected chi connectivity index (χ2v) is 15.3. The van der Waals surface area contributed by atoms with E-state index in [4.69, 9.17) is 18.9 Å². The molecule has 3 atom stereocenters. The molecule has 0 radical (unpaired) electrons. The average molecular weight is 808 g/mol. The van der Waals surface area contributed by atoms with Crippen molar-refractivity contribution in [2.45, 2.75) is 83.8 Å². The number of imidazole rings is 1. The van der Waals surface area contributed by atoms with Crippen LogP contribution in [0.5, 0.6) is 5.75 Å². The molecule has 15 nitrogen and oxygen atoms in total. The number of nitrogens with one attached hydrogen (secondary N) is 2. The quantitative estimate of drug-likeness (QED) is 0.106. The zero-order valence-electron chi connectivity index (χ0n) is 34.2. The number of hydrogen-bond acceptors (Lipinski definition) is 9. The van der Waals surface area contributed by atoms with Crippen LogP contribution in [0, 0.1) is 13.8 Å². The van der Waals surface area contributed by atoms with E-state index in [2.05, 4.69) is 39.0 Å². The van der Waals surface area contributed by atoms with Crippen LogP contribution in [0.1, 0.15) is 83.6 Å². The molecular formula is C44H53N7O8. The SMILES string of the molecule is C=CCOC(=O)N1c2cc(OCCCC(=O)Nc3cn(C)c(C(=O)Nc4ccc(-c5cc(C)n(C)c5)cc4)n3)c(C)cc2C(=O)N2CCCC[C@H]2[C@@H]1OC1CCCCO1. The molecule has 0 saturated carbocycles. The molecule has 2 saturated heterocycles. The van der Waals surface area contributed by atoms with Crippen LogP contribution in [-0.4, -0.2) is 87.8 Å². The van der Waals surface area contributed by atoms with Gasteiger partial charge in [0.05, 0.1) is 23.9 Å². The summed E-state index contributed by atoms with van der Waals surface area (Å²) in [6, 6.07) is 12.7. The van der Waals surface area contributed by atoms with E-state index >= 15 is 0 Å². The van der Waals surface area contributed by atoms with Crippen LogP contribution in [0.3, 0.4) is 0 Å². The summed E-state index contributed by atoms with van der Waals surface area (Å²) in [7, 11) is 3.69. The molecule has 7 rings (SSSR count). The van der Waals surface area contributed by atoms with Gasteiger partial charge in [-0.3, -0.25) is 14.4 Å². The fraction of sp³-hybridized carbons (Fsp3) is 0.432. The Morgan fingerprint density at radius 1 is 0.966 bits per heavy atom. The lowest BCUT2D eigenvalue weighted by molar-refractivity contribution is -0.198. The van der Waals surface area contributed by atoms with Gasteiger partial charge < -0.3 is 43.6 Å². The predicted octanol–water partition coefficient (Wildman–Crippen LogP) is 7.10. The molecule has 1 unspecified atom stereocenters. The Morgan fingerprint density at radius 2 is 1.76 bits per heavy atom. The monoisotopic (exact) mass is 807 g/mol. The van der Waals surface area contributed by atoms with E-state index in [-0.39, 0.29) is 43.1 Å². The Bertz CT molecular complexity index is 2170. The number of carbonyl (C=O) groups is 4. The molecule has 3 aliphatic rings. The van der Waals surface area contributed by atoms with E-state index in [1.165, 1.54) is 11.0 Å². The van der Waals surface area contributed by atoms with Crippen molar-refractivity contribution in [3.63, 3.8) is 0 Å². The number of piperidine rings is 1. The van der Waals surface area contributed by atoms with Crippen molar-refractivity contribution < 1.29 is 38.1 Å². The third-order valence-corrected chi connectivity index (χ3v) is 11.0. The molecular weight excluding hydrogens is 755 g/mol. The number of ether oxygens (including phenoxy) is 4. The summed E-state index contributed by atoms with van der Waals surface area (Å²) >= 11 is 0. The van der Waals surface area contributed by atoms with Crippen molar-refractivity contribution in [1.82, 2.24) is 19.0 Å². The Hall–Kier alpha value is -5.93. The molecule has 2 aromatic heterocycles. The van der Waals surface area contributed by atoms with Gasteiger partial charge in [0.25, 0.3) is 11.8 Å². The topological polar surface area (TPSA) is 158 Å². The Balaban J connectivity index is 0.991. The highest BCUT2D eigenvalue weighted by atomic mass is 16.7. The first kappa shape index (κ1) is 41.2. The van der Waals surface area contributed by atoms with E-state index in [0.29, 0.717) is 60.7 Å². The Kier molecular flexibility index (Phi) is 12.8. The van der Waals surface area contributed by atoms with Crippen molar-refractivity contribution in [2.75, 3.05) is 41.9 Å². The van der Waals surface area contributed by atoms with Crippen LogP contribution >= 0.6 is 0 Å². The van der Waals surface area contributed by atoms with E-state index in [9.17, 15) is 19.2 Å². The van der Waals surface area contributed by atoms with E-state index in [1.807, 2.05) is 50.1 Å². The number of fused-ring (bicyclic) bond motifs is 2. The van der Waals surface area contributed by atoms with Gasteiger partial charge in [-0.15, -0.1) is 0 Å². The maximum atomic E-state index is 14.2. The number of rotatable bonds is 13. The third kappa shape index (κ3) is 9.36. The lowest BCUT2D eigenvalue weighted by Crippen LogP contribution is -2.57. The molecule has 59 heavy (non-hydrogen) atoms. The van der Waals surface area contributed by atoms with E-state index < -0.39 is 30.6 Å². The molecule has 0 spiro atoms. The molecule has 0 bridgehead atoms. The van der Waals surface area contributed by atoms with Crippen LogP contribution in [-0.2, 0) is 33.1 Å². The first-order valence-corrected chi connectivity index (χ1v) is 20.3. The summed E-state index contributed by atoms with van der Waals surface area (Å²) < 4.78 is 27.9. The maximum absolute atomic E-state index is 14.2. The second kappa shape index (κ2) is 18.3. The first-order chi connectivity index (χ1) is 28.5. The number of nitrogens with zero attached hydrogens (tertiary/aromatic N) is 5. The van der Waals surface area contributed by atoms with Gasteiger partial charge in [0.15, 0.2) is 18.3 Å². The van der Waals surface area contributed by atoms with Crippen LogP contribution in [0.4, 0.5) is 22.0 Å². The molecule has 2 N–H and O–H groups in total. The normalized spacial score (nSPS) is 19.0.